The molecule has 0 aliphatic carbocycles. The van der Waals surface area contributed by atoms with Crippen molar-refractivity contribution in [1.82, 2.24) is 15.1 Å². The highest BCUT2D eigenvalue weighted by Gasteiger charge is 2.11. The Hall–Kier alpha value is -2.50. The molecule has 2 aromatic rings. The molecule has 0 unspecified atom stereocenters. The molecule has 0 saturated carbocycles. The van der Waals surface area contributed by atoms with Crippen LogP contribution in [0.25, 0.3) is 0 Å². The molecule has 4 N–H and O–H groups in total. The number of carbonyl (C=O) groups is 1. The molecule has 6 nitrogen and oxygen atoms in total. The molecule has 2 rings (SSSR count). The quantitative estimate of drug-likeness (QED) is 0.746. The van der Waals surface area contributed by atoms with Crippen molar-refractivity contribution in [3.63, 3.8) is 0 Å². The van der Waals surface area contributed by atoms with Gasteiger partial charge in [0.05, 0.1) is 17.1 Å². The Morgan fingerprint density at radius 2 is 2.10 bits per heavy atom. The van der Waals surface area contributed by atoms with E-state index < -0.39 is 0 Å². The number of hydrogen-bond acceptors (Lipinski definition) is 4. The summed E-state index contributed by atoms with van der Waals surface area (Å²) in [5.74, 6) is -0.133. The largest absolute Gasteiger partial charge is 0.397 e. The molecule has 1 amide bonds. The smallest absolute Gasteiger partial charge is 0.251 e. The average Bonchev–Trinajstić information content (AvgIpc) is 2.71. The highest BCUT2D eigenvalue weighted by Crippen LogP contribution is 2.22. The molecule has 0 aliphatic rings. The van der Waals surface area contributed by atoms with Crippen LogP contribution in [-0.4, -0.2) is 22.7 Å². The Morgan fingerprint density at radius 3 is 2.67 bits per heavy atom. The van der Waals surface area contributed by atoms with Gasteiger partial charge in [-0.3, -0.25) is 9.48 Å². The zero-order valence-electron chi connectivity index (χ0n) is 12.8. The number of anilines is 2. The molecule has 0 bridgehead atoms. The van der Waals surface area contributed by atoms with Crippen LogP contribution in [0.2, 0.25) is 0 Å². The standard InChI is InChI=1S/C15H21N5O/c1-9-12(10(2)20(4)19-9)8-18-14-7-11(15(21)17-3)5-6-13(14)16/h5-7,18H,8,16H2,1-4H3,(H,17,21). The summed E-state index contributed by atoms with van der Waals surface area (Å²) in [5, 5.41) is 10.3. The summed E-state index contributed by atoms with van der Waals surface area (Å²) in [6, 6.07) is 5.20. The maximum absolute atomic E-state index is 11.7. The molecular weight excluding hydrogens is 266 g/mol. The first-order chi connectivity index (χ1) is 9.93. The number of benzene rings is 1. The lowest BCUT2D eigenvalue weighted by atomic mass is 10.1. The summed E-state index contributed by atoms with van der Waals surface area (Å²) in [6.07, 6.45) is 0. The van der Waals surface area contributed by atoms with Gasteiger partial charge in [0.1, 0.15) is 0 Å². The average molecular weight is 287 g/mol. The highest BCUT2D eigenvalue weighted by atomic mass is 16.1. The van der Waals surface area contributed by atoms with Gasteiger partial charge in [0.15, 0.2) is 0 Å². The Balaban J connectivity index is 2.21. The van der Waals surface area contributed by atoms with Crippen molar-refractivity contribution in [3.05, 3.63) is 40.7 Å². The zero-order valence-corrected chi connectivity index (χ0v) is 12.8. The lowest BCUT2D eigenvalue weighted by Crippen LogP contribution is -2.18. The molecule has 0 radical (unpaired) electrons. The van der Waals surface area contributed by atoms with Crippen molar-refractivity contribution < 1.29 is 4.79 Å². The lowest BCUT2D eigenvalue weighted by molar-refractivity contribution is 0.0963. The molecule has 0 spiro atoms. The summed E-state index contributed by atoms with van der Waals surface area (Å²) in [6.45, 7) is 4.63. The molecule has 1 aromatic carbocycles. The topological polar surface area (TPSA) is 85.0 Å². The van der Waals surface area contributed by atoms with E-state index in [2.05, 4.69) is 15.7 Å². The van der Waals surface area contributed by atoms with Gasteiger partial charge >= 0.3 is 0 Å². The van der Waals surface area contributed by atoms with Crippen molar-refractivity contribution in [2.24, 2.45) is 7.05 Å². The van der Waals surface area contributed by atoms with Crippen LogP contribution in [0.1, 0.15) is 27.3 Å². The van der Waals surface area contributed by atoms with E-state index in [4.69, 9.17) is 5.73 Å². The second kappa shape index (κ2) is 5.87. The number of rotatable bonds is 4. The van der Waals surface area contributed by atoms with Crippen LogP contribution < -0.4 is 16.4 Å². The van der Waals surface area contributed by atoms with Gasteiger partial charge in [-0.15, -0.1) is 0 Å². The number of amides is 1. The first-order valence-corrected chi connectivity index (χ1v) is 6.78. The van der Waals surface area contributed by atoms with E-state index >= 15 is 0 Å². The van der Waals surface area contributed by atoms with Crippen LogP contribution in [0, 0.1) is 13.8 Å². The van der Waals surface area contributed by atoms with E-state index in [1.165, 1.54) is 0 Å². The summed E-state index contributed by atoms with van der Waals surface area (Å²) >= 11 is 0. The third kappa shape index (κ3) is 2.99. The fourth-order valence-electron chi connectivity index (χ4n) is 2.25. The predicted octanol–water partition coefficient (Wildman–Crippen LogP) is 1.59. The van der Waals surface area contributed by atoms with Crippen LogP contribution in [-0.2, 0) is 13.6 Å². The van der Waals surface area contributed by atoms with Gasteiger partial charge in [-0.05, 0) is 32.0 Å². The number of nitrogens with one attached hydrogen (secondary N) is 2. The summed E-state index contributed by atoms with van der Waals surface area (Å²) < 4.78 is 1.86. The molecule has 112 valence electrons. The number of nitrogen functional groups attached to an aromatic ring is 1. The highest BCUT2D eigenvalue weighted by molar-refractivity contribution is 5.96. The number of hydrogen-bond donors (Lipinski definition) is 3. The van der Waals surface area contributed by atoms with E-state index in [1.54, 1.807) is 25.2 Å². The minimum absolute atomic E-state index is 0.133. The van der Waals surface area contributed by atoms with Crippen molar-refractivity contribution in [3.8, 4) is 0 Å². The van der Waals surface area contributed by atoms with Crippen LogP contribution in [0.3, 0.4) is 0 Å². The first-order valence-electron chi connectivity index (χ1n) is 6.78. The van der Waals surface area contributed by atoms with Gasteiger partial charge in [-0.2, -0.15) is 5.10 Å². The number of nitrogens with zero attached hydrogens (tertiary/aromatic N) is 2. The molecular formula is C15H21N5O. The molecule has 1 aromatic heterocycles. The number of nitrogens with two attached hydrogens (primary N) is 1. The van der Waals surface area contributed by atoms with E-state index in [-0.39, 0.29) is 5.91 Å². The van der Waals surface area contributed by atoms with Crippen LogP contribution in [0.4, 0.5) is 11.4 Å². The fraction of sp³-hybridized carbons (Fsp3) is 0.333. The van der Waals surface area contributed by atoms with E-state index in [9.17, 15) is 4.79 Å². The van der Waals surface area contributed by atoms with Gasteiger partial charge in [-0.1, -0.05) is 0 Å². The molecule has 0 saturated heterocycles. The van der Waals surface area contributed by atoms with E-state index in [0.29, 0.717) is 17.8 Å². The summed E-state index contributed by atoms with van der Waals surface area (Å²) in [4.78, 5) is 11.7. The number of aromatic nitrogens is 2. The minimum Gasteiger partial charge on any atom is -0.397 e. The third-order valence-electron chi connectivity index (χ3n) is 3.66. The van der Waals surface area contributed by atoms with Crippen LogP contribution >= 0.6 is 0 Å². The molecule has 0 fully saturated rings. The Morgan fingerprint density at radius 1 is 1.38 bits per heavy atom. The van der Waals surface area contributed by atoms with Crippen molar-refractivity contribution >= 4 is 17.3 Å². The van der Waals surface area contributed by atoms with Gasteiger partial charge in [0.25, 0.3) is 5.91 Å². The summed E-state index contributed by atoms with van der Waals surface area (Å²) in [5.41, 5.74) is 11.1. The second-order valence-electron chi connectivity index (χ2n) is 5.01. The Kier molecular flexibility index (Phi) is 4.16. The minimum atomic E-state index is -0.133. The van der Waals surface area contributed by atoms with E-state index in [0.717, 1.165) is 22.6 Å². The molecule has 1 heterocycles. The maximum Gasteiger partial charge on any atom is 0.251 e. The zero-order chi connectivity index (χ0) is 15.6. The third-order valence-corrected chi connectivity index (χ3v) is 3.66. The molecule has 21 heavy (non-hydrogen) atoms. The summed E-state index contributed by atoms with van der Waals surface area (Å²) in [7, 11) is 3.53. The molecule has 0 atom stereocenters. The van der Waals surface area contributed by atoms with Crippen molar-refractivity contribution in [2.45, 2.75) is 20.4 Å². The SMILES string of the molecule is CNC(=O)c1ccc(N)c(NCc2c(C)nn(C)c2C)c1. The van der Waals surface area contributed by atoms with Gasteiger partial charge in [-0.25, -0.2) is 0 Å². The first kappa shape index (κ1) is 14.9. The normalized spacial score (nSPS) is 10.5. The number of aryl methyl sites for hydroxylation is 2. The maximum atomic E-state index is 11.7. The van der Waals surface area contributed by atoms with Gasteiger partial charge < -0.3 is 16.4 Å². The predicted molar refractivity (Wildman–Crippen MR) is 84.3 cm³/mol. The lowest BCUT2D eigenvalue weighted by Gasteiger charge is -2.11. The van der Waals surface area contributed by atoms with Gasteiger partial charge in [0, 0.05) is 37.5 Å². The molecule has 6 heteroatoms. The van der Waals surface area contributed by atoms with Crippen molar-refractivity contribution in [1.29, 1.82) is 0 Å². The van der Waals surface area contributed by atoms with Gasteiger partial charge in [0.2, 0.25) is 0 Å². The van der Waals surface area contributed by atoms with E-state index in [1.807, 2.05) is 25.6 Å². The van der Waals surface area contributed by atoms with Crippen LogP contribution in [0.15, 0.2) is 18.2 Å². The number of carbonyl (C=O) groups excluding carboxylic acids is 1. The Labute approximate surface area is 124 Å². The fourth-order valence-corrected chi connectivity index (χ4v) is 2.25. The second-order valence-corrected chi connectivity index (χ2v) is 5.01. The monoisotopic (exact) mass is 287 g/mol. The van der Waals surface area contributed by atoms with Crippen molar-refractivity contribution in [2.75, 3.05) is 18.1 Å². The van der Waals surface area contributed by atoms with Crippen LogP contribution in [0.5, 0.6) is 0 Å². The Bertz CT molecular complexity index is 675. The molecule has 0 aliphatic heterocycles.